The minimum Gasteiger partial charge on any atom is -0.465 e. The zero-order valence-electron chi connectivity index (χ0n) is 15.2. The van der Waals surface area contributed by atoms with E-state index < -0.39 is 17.4 Å². The van der Waals surface area contributed by atoms with E-state index in [0.717, 1.165) is 5.56 Å². The van der Waals surface area contributed by atoms with Crippen LogP contribution in [0.3, 0.4) is 0 Å². The zero-order valence-corrected chi connectivity index (χ0v) is 15.2. The maximum absolute atomic E-state index is 13.8. The molecular weight excluding hydrogens is 366 g/mol. The van der Waals surface area contributed by atoms with E-state index in [0.29, 0.717) is 43.7 Å². The number of ketones is 1. The molecule has 2 aromatic carbocycles. The molecule has 0 atom stereocenters. The van der Waals surface area contributed by atoms with Crippen LogP contribution in [0.1, 0.15) is 35.2 Å². The number of likely N-dealkylation sites (tertiary alicyclic amines) is 1. The molecule has 1 spiro atoms. The summed E-state index contributed by atoms with van der Waals surface area (Å²) in [6, 6.07) is 10.3. The lowest BCUT2D eigenvalue weighted by Crippen LogP contribution is -2.59. The number of rotatable bonds is 2. The summed E-state index contributed by atoms with van der Waals surface area (Å²) < 4.78 is 27.1. The highest BCUT2D eigenvalue weighted by atomic mass is 19.1. The molecule has 2 heterocycles. The molecular formula is C21H20F2N2O3. The minimum absolute atomic E-state index is 0.131. The topological polar surface area (TPSA) is 60.9 Å². The fourth-order valence-corrected chi connectivity index (χ4v) is 4.30. The van der Waals surface area contributed by atoms with Crippen LogP contribution >= 0.6 is 0 Å². The van der Waals surface area contributed by atoms with Crippen molar-refractivity contribution in [2.75, 3.05) is 18.0 Å². The summed E-state index contributed by atoms with van der Waals surface area (Å²) in [6.45, 7) is 1.09. The van der Waals surface area contributed by atoms with E-state index in [9.17, 15) is 23.5 Å². The Labute approximate surface area is 161 Å². The fraction of sp³-hybridized carbons (Fsp3) is 0.333. The van der Waals surface area contributed by atoms with Crippen LogP contribution in [0.2, 0.25) is 0 Å². The normalized spacial score (nSPS) is 18.3. The number of Topliss-reactive ketones (excluding diaryl/α,β-unsaturated/α-hetero) is 1. The van der Waals surface area contributed by atoms with Gasteiger partial charge in [0.25, 0.3) is 0 Å². The van der Waals surface area contributed by atoms with Crippen molar-refractivity contribution in [3.63, 3.8) is 0 Å². The molecule has 146 valence electrons. The summed E-state index contributed by atoms with van der Waals surface area (Å²) in [5.41, 5.74) is 1.31. The maximum atomic E-state index is 13.8. The number of carboxylic acid groups (broad SMARTS) is 1. The number of hydrogen-bond acceptors (Lipinski definition) is 3. The average molecular weight is 386 g/mol. The van der Waals surface area contributed by atoms with Crippen molar-refractivity contribution in [3.8, 4) is 0 Å². The van der Waals surface area contributed by atoms with Gasteiger partial charge in [0.1, 0.15) is 11.6 Å². The van der Waals surface area contributed by atoms with Crippen molar-refractivity contribution in [2.24, 2.45) is 0 Å². The van der Waals surface area contributed by atoms with Gasteiger partial charge in [0.2, 0.25) is 0 Å². The monoisotopic (exact) mass is 386 g/mol. The van der Waals surface area contributed by atoms with Gasteiger partial charge in [-0.1, -0.05) is 12.1 Å². The van der Waals surface area contributed by atoms with Crippen LogP contribution in [0.15, 0.2) is 42.5 Å². The number of halogens is 2. The smallest absolute Gasteiger partial charge is 0.407 e. The van der Waals surface area contributed by atoms with Crippen molar-refractivity contribution in [1.82, 2.24) is 4.90 Å². The van der Waals surface area contributed by atoms with Crippen LogP contribution in [-0.2, 0) is 6.54 Å². The Balaban J connectivity index is 1.74. The molecule has 0 unspecified atom stereocenters. The Hall–Kier alpha value is -2.96. The molecule has 4 rings (SSSR count). The zero-order chi connectivity index (χ0) is 19.9. The molecule has 1 saturated heterocycles. The molecule has 2 aliphatic heterocycles. The molecule has 1 N–H and O–H groups in total. The lowest BCUT2D eigenvalue weighted by Gasteiger charge is -2.52. The highest BCUT2D eigenvalue weighted by molar-refractivity contribution is 6.04. The second-order valence-electron chi connectivity index (χ2n) is 7.47. The van der Waals surface area contributed by atoms with Gasteiger partial charge in [0, 0.05) is 37.3 Å². The molecule has 0 aliphatic carbocycles. The van der Waals surface area contributed by atoms with Gasteiger partial charge in [-0.25, -0.2) is 13.6 Å². The summed E-state index contributed by atoms with van der Waals surface area (Å²) in [5, 5.41) is 9.26. The van der Waals surface area contributed by atoms with Crippen molar-refractivity contribution in [1.29, 1.82) is 0 Å². The van der Waals surface area contributed by atoms with Gasteiger partial charge in [-0.2, -0.15) is 0 Å². The third-order valence-electron chi connectivity index (χ3n) is 5.83. The molecule has 1 fully saturated rings. The third-order valence-corrected chi connectivity index (χ3v) is 5.83. The van der Waals surface area contributed by atoms with Crippen LogP contribution in [0.5, 0.6) is 0 Å². The summed E-state index contributed by atoms with van der Waals surface area (Å²) in [6.07, 6.45) is 0.244. The first-order valence-electron chi connectivity index (χ1n) is 9.21. The van der Waals surface area contributed by atoms with Crippen molar-refractivity contribution < 1.29 is 23.5 Å². The van der Waals surface area contributed by atoms with Crippen LogP contribution in [0.25, 0.3) is 0 Å². The number of anilines is 1. The van der Waals surface area contributed by atoms with Gasteiger partial charge < -0.3 is 14.9 Å². The Morgan fingerprint density at radius 1 is 1.04 bits per heavy atom. The predicted molar refractivity (Wildman–Crippen MR) is 99.5 cm³/mol. The van der Waals surface area contributed by atoms with E-state index in [1.807, 2.05) is 0 Å². The van der Waals surface area contributed by atoms with E-state index in [1.54, 1.807) is 18.2 Å². The Morgan fingerprint density at radius 3 is 2.32 bits per heavy atom. The van der Waals surface area contributed by atoms with E-state index in [4.69, 9.17) is 0 Å². The van der Waals surface area contributed by atoms with Gasteiger partial charge in [-0.3, -0.25) is 4.79 Å². The number of amides is 1. The number of carbonyl (C=O) groups is 2. The van der Waals surface area contributed by atoms with Crippen LogP contribution in [-0.4, -0.2) is 40.5 Å². The summed E-state index contributed by atoms with van der Waals surface area (Å²) >= 11 is 0. The first kappa shape index (κ1) is 18.4. The SMILES string of the molecule is O=C1CC2(CCN(C(=O)O)CC2)N(Cc2ccc(F)cc2)c2ccc(F)cc21. The quantitative estimate of drug-likeness (QED) is 0.845. The molecule has 0 saturated carbocycles. The molecule has 0 radical (unpaired) electrons. The van der Waals surface area contributed by atoms with Gasteiger partial charge in [-0.05, 0) is 48.7 Å². The standard InChI is InChI=1S/C21H20F2N2O3/c22-15-3-1-14(2-4-15)13-25-18-6-5-16(23)11-17(18)19(26)12-21(25)7-9-24(10-8-21)20(27)28/h1-6,11H,7-10,12-13H2,(H,27,28). The first-order valence-corrected chi connectivity index (χ1v) is 9.21. The van der Waals surface area contributed by atoms with E-state index in [2.05, 4.69) is 4.90 Å². The van der Waals surface area contributed by atoms with E-state index in [1.165, 1.54) is 29.2 Å². The van der Waals surface area contributed by atoms with Gasteiger partial charge in [-0.15, -0.1) is 0 Å². The van der Waals surface area contributed by atoms with Gasteiger partial charge in [0.15, 0.2) is 5.78 Å². The Morgan fingerprint density at radius 2 is 1.68 bits per heavy atom. The Bertz CT molecular complexity index is 922. The number of piperidine rings is 1. The van der Waals surface area contributed by atoms with Gasteiger partial charge >= 0.3 is 6.09 Å². The molecule has 7 heteroatoms. The second kappa shape index (κ2) is 6.89. The average Bonchev–Trinajstić information content (AvgIpc) is 2.67. The second-order valence-corrected chi connectivity index (χ2v) is 7.47. The number of benzene rings is 2. The fourth-order valence-electron chi connectivity index (χ4n) is 4.30. The van der Waals surface area contributed by atoms with Crippen molar-refractivity contribution in [2.45, 2.75) is 31.3 Å². The van der Waals surface area contributed by atoms with Crippen LogP contribution < -0.4 is 4.90 Å². The summed E-state index contributed by atoms with van der Waals surface area (Å²) in [7, 11) is 0. The maximum Gasteiger partial charge on any atom is 0.407 e. The molecule has 1 amide bonds. The molecule has 0 bridgehead atoms. The van der Waals surface area contributed by atoms with Crippen LogP contribution in [0.4, 0.5) is 19.3 Å². The number of carbonyl (C=O) groups excluding carboxylic acids is 1. The lowest BCUT2D eigenvalue weighted by atomic mass is 9.76. The highest BCUT2D eigenvalue weighted by Crippen LogP contribution is 2.44. The third kappa shape index (κ3) is 3.21. The number of fused-ring (bicyclic) bond motifs is 1. The summed E-state index contributed by atoms with van der Waals surface area (Å²) in [4.78, 5) is 27.5. The molecule has 2 aliphatic rings. The Kier molecular flexibility index (Phi) is 4.53. The van der Waals surface area contributed by atoms with Gasteiger partial charge in [0.05, 0.1) is 5.54 Å². The number of nitrogens with zero attached hydrogens (tertiary/aromatic N) is 2. The van der Waals surface area contributed by atoms with Crippen molar-refractivity contribution >= 4 is 17.6 Å². The van der Waals surface area contributed by atoms with E-state index in [-0.39, 0.29) is 18.0 Å². The van der Waals surface area contributed by atoms with Crippen molar-refractivity contribution in [3.05, 3.63) is 65.2 Å². The lowest BCUT2D eigenvalue weighted by molar-refractivity contribution is 0.0848. The molecule has 5 nitrogen and oxygen atoms in total. The largest absolute Gasteiger partial charge is 0.465 e. The molecule has 28 heavy (non-hydrogen) atoms. The van der Waals surface area contributed by atoms with E-state index >= 15 is 0 Å². The minimum atomic E-state index is -0.968. The highest BCUT2D eigenvalue weighted by Gasteiger charge is 2.46. The number of hydrogen-bond donors (Lipinski definition) is 1. The molecule has 0 aromatic heterocycles. The summed E-state index contributed by atoms with van der Waals surface area (Å²) in [5.74, 6) is -0.927. The predicted octanol–water partition coefficient (Wildman–Crippen LogP) is 4.07. The molecule has 2 aromatic rings. The van der Waals surface area contributed by atoms with Crippen LogP contribution in [0, 0.1) is 11.6 Å². The first-order chi connectivity index (χ1) is 13.4.